The van der Waals surface area contributed by atoms with Crippen LogP contribution in [0.25, 0.3) is 0 Å². The Morgan fingerprint density at radius 2 is 2.00 bits per heavy atom. The van der Waals surface area contributed by atoms with Crippen LogP contribution >= 0.6 is 23.2 Å². The molecule has 1 aliphatic heterocycles. The van der Waals surface area contributed by atoms with Crippen LogP contribution in [0.2, 0.25) is 10.0 Å². The third-order valence-electron chi connectivity index (χ3n) is 3.47. The second-order valence-electron chi connectivity index (χ2n) is 4.78. The lowest BCUT2D eigenvalue weighted by Crippen LogP contribution is -2.28. The first-order valence-corrected chi connectivity index (χ1v) is 7.11. The van der Waals surface area contributed by atoms with Crippen molar-refractivity contribution in [2.45, 2.75) is 25.7 Å². The summed E-state index contributed by atoms with van der Waals surface area (Å²) in [5.41, 5.74) is 0.554. The molecule has 0 spiro atoms. The highest BCUT2D eigenvalue weighted by Crippen LogP contribution is 2.24. The van der Waals surface area contributed by atoms with Gasteiger partial charge in [-0.1, -0.05) is 23.2 Å². The fourth-order valence-electron chi connectivity index (χ4n) is 2.35. The van der Waals surface area contributed by atoms with E-state index in [2.05, 4.69) is 5.32 Å². The van der Waals surface area contributed by atoms with Crippen molar-refractivity contribution in [3.63, 3.8) is 0 Å². The van der Waals surface area contributed by atoms with E-state index in [9.17, 15) is 4.79 Å². The van der Waals surface area contributed by atoms with E-state index in [-0.39, 0.29) is 5.78 Å². The first kappa shape index (κ1) is 13.9. The summed E-state index contributed by atoms with van der Waals surface area (Å²) in [6, 6.07) is 5.05. The van der Waals surface area contributed by atoms with E-state index in [0.717, 1.165) is 32.4 Å². The molecule has 1 N–H and O–H groups in total. The van der Waals surface area contributed by atoms with Crippen LogP contribution in [0.3, 0.4) is 0 Å². The summed E-state index contributed by atoms with van der Waals surface area (Å²) in [5.74, 6) is 0.759. The number of benzene rings is 1. The molecule has 0 saturated carbocycles. The number of carbonyl (C=O) groups excluding carboxylic acids is 1. The van der Waals surface area contributed by atoms with Crippen molar-refractivity contribution >= 4 is 29.0 Å². The number of Topliss-reactive ketones (excluding diaryl/α,β-unsaturated/α-hetero) is 1. The average molecular weight is 286 g/mol. The van der Waals surface area contributed by atoms with Crippen molar-refractivity contribution in [3.8, 4) is 0 Å². The highest BCUT2D eigenvalue weighted by Gasteiger charge is 2.16. The van der Waals surface area contributed by atoms with Crippen molar-refractivity contribution < 1.29 is 4.79 Å². The minimum Gasteiger partial charge on any atom is -0.317 e. The zero-order valence-corrected chi connectivity index (χ0v) is 11.7. The van der Waals surface area contributed by atoms with Crippen LogP contribution in [0.15, 0.2) is 18.2 Å². The van der Waals surface area contributed by atoms with Crippen molar-refractivity contribution in [2.75, 3.05) is 13.1 Å². The van der Waals surface area contributed by atoms with Gasteiger partial charge in [0.05, 0.1) is 5.02 Å². The number of halogens is 2. The summed E-state index contributed by atoms with van der Waals surface area (Å²) < 4.78 is 0. The molecule has 0 atom stereocenters. The van der Waals surface area contributed by atoms with Crippen molar-refractivity contribution in [2.24, 2.45) is 5.92 Å². The molecule has 1 heterocycles. The molecule has 0 aliphatic carbocycles. The Balaban J connectivity index is 1.92. The van der Waals surface area contributed by atoms with E-state index < -0.39 is 0 Å². The molecule has 1 aromatic rings. The molecule has 0 aromatic heterocycles. The summed E-state index contributed by atoms with van der Waals surface area (Å²) in [7, 11) is 0. The lowest BCUT2D eigenvalue weighted by molar-refractivity contribution is 0.0971. The highest BCUT2D eigenvalue weighted by atomic mass is 35.5. The van der Waals surface area contributed by atoms with Gasteiger partial charge >= 0.3 is 0 Å². The Labute approximate surface area is 118 Å². The van der Waals surface area contributed by atoms with Crippen LogP contribution in [0, 0.1) is 5.92 Å². The van der Waals surface area contributed by atoms with Gasteiger partial charge in [-0.25, -0.2) is 0 Å². The molecule has 1 aromatic carbocycles. The largest absolute Gasteiger partial charge is 0.317 e. The normalized spacial score (nSPS) is 16.8. The maximum absolute atomic E-state index is 12.1. The van der Waals surface area contributed by atoms with Gasteiger partial charge in [0.25, 0.3) is 0 Å². The van der Waals surface area contributed by atoms with Gasteiger partial charge in [0.1, 0.15) is 0 Å². The molecule has 0 radical (unpaired) electrons. The molecule has 2 nitrogen and oxygen atoms in total. The Kier molecular flexibility index (Phi) is 5.04. The minimum atomic E-state index is 0.0982. The number of carbonyl (C=O) groups is 1. The van der Waals surface area contributed by atoms with Crippen LogP contribution in [0.4, 0.5) is 0 Å². The maximum atomic E-state index is 12.1. The summed E-state index contributed by atoms with van der Waals surface area (Å²) in [5, 5.41) is 4.38. The van der Waals surface area contributed by atoms with E-state index in [4.69, 9.17) is 23.2 Å². The SMILES string of the molecule is O=C(CCC1CCNCC1)c1cc(Cl)ccc1Cl. The Hall–Kier alpha value is -0.570. The predicted octanol–water partition coefficient (Wildman–Crippen LogP) is 3.96. The summed E-state index contributed by atoms with van der Waals surface area (Å²) in [6.45, 7) is 2.13. The third-order valence-corrected chi connectivity index (χ3v) is 4.03. The summed E-state index contributed by atoms with van der Waals surface area (Å²) >= 11 is 11.9. The van der Waals surface area contributed by atoms with Crippen LogP contribution in [0.5, 0.6) is 0 Å². The molecule has 0 unspecified atom stereocenters. The zero-order valence-electron chi connectivity index (χ0n) is 10.2. The molecule has 2 rings (SSSR count). The molecule has 0 amide bonds. The van der Waals surface area contributed by atoms with Gasteiger partial charge in [0.2, 0.25) is 0 Å². The lowest BCUT2D eigenvalue weighted by Gasteiger charge is -2.22. The number of nitrogens with one attached hydrogen (secondary N) is 1. The second-order valence-corrected chi connectivity index (χ2v) is 5.62. The van der Waals surface area contributed by atoms with Gasteiger partial charge in [-0.2, -0.15) is 0 Å². The first-order chi connectivity index (χ1) is 8.66. The highest BCUT2D eigenvalue weighted by molar-refractivity contribution is 6.35. The number of hydrogen-bond donors (Lipinski definition) is 1. The fraction of sp³-hybridized carbons (Fsp3) is 0.500. The zero-order chi connectivity index (χ0) is 13.0. The molecule has 1 aliphatic rings. The van der Waals surface area contributed by atoms with Gasteiger partial charge in [0.15, 0.2) is 5.78 Å². The van der Waals surface area contributed by atoms with Crippen LogP contribution < -0.4 is 5.32 Å². The first-order valence-electron chi connectivity index (χ1n) is 6.36. The van der Waals surface area contributed by atoms with Gasteiger partial charge in [0, 0.05) is 17.0 Å². The van der Waals surface area contributed by atoms with Crippen LogP contribution in [0.1, 0.15) is 36.0 Å². The number of piperidine rings is 1. The smallest absolute Gasteiger partial charge is 0.164 e. The van der Waals surface area contributed by atoms with Crippen LogP contribution in [-0.2, 0) is 0 Å². The van der Waals surface area contributed by atoms with E-state index in [0.29, 0.717) is 27.9 Å². The van der Waals surface area contributed by atoms with Gasteiger partial charge in [-0.05, 0) is 56.5 Å². The van der Waals surface area contributed by atoms with Crippen LogP contribution in [-0.4, -0.2) is 18.9 Å². The van der Waals surface area contributed by atoms with Gasteiger partial charge < -0.3 is 5.32 Å². The maximum Gasteiger partial charge on any atom is 0.164 e. The lowest BCUT2D eigenvalue weighted by atomic mass is 9.91. The molecule has 4 heteroatoms. The molecular formula is C14H17Cl2NO. The summed E-state index contributed by atoms with van der Waals surface area (Å²) in [6.07, 6.45) is 3.83. The van der Waals surface area contributed by atoms with E-state index in [1.807, 2.05) is 0 Å². The number of rotatable bonds is 4. The van der Waals surface area contributed by atoms with Gasteiger partial charge in [-0.3, -0.25) is 4.79 Å². The molecular weight excluding hydrogens is 269 g/mol. The van der Waals surface area contributed by atoms with Gasteiger partial charge in [-0.15, -0.1) is 0 Å². The summed E-state index contributed by atoms with van der Waals surface area (Å²) in [4.78, 5) is 12.1. The molecule has 0 bridgehead atoms. The Morgan fingerprint density at radius 3 is 2.72 bits per heavy atom. The molecule has 18 heavy (non-hydrogen) atoms. The molecule has 1 fully saturated rings. The average Bonchev–Trinajstić information content (AvgIpc) is 2.40. The molecule has 98 valence electrons. The standard InChI is InChI=1S/C14H17Cl2NO/c15-11-2-3-13(16)12(9-11)14(18)4-1-10-5-7-17-8-6-10/h2-3,9-10,17H,1,4-8H2. The van der Waals surface area contributed by atoms with E-state index in [1.54, 1.807) is 18.2 Å². The quantitative estimate of drug-likeness (QED) is 0.849. The predicted molar refractivity (Wildman–Crippen MR) is 75.6 cm³/mol. The van der Waals surface area contributed by atoms with Crippen molar-refractivity contribution in [1.82, 2.24) is 5.32 Å². The third kappa shape index (κ3) is 3.71. The van der Waals surface area contributed by atoms with E-state index in [1.165, 1.54) is 0 Å². The number of hydrogen-bond acceptors (Lipinski definition) is 2. The Bertz CT molecular complexity index is 428. The monoisotopic (exact) mass is 285 g/mol. The van der Waals surface area contributed by atoms with Crippen molar-refractivity contribution in [1.29, 1.82) is 0 Å². The number of ketones is 1. The topological polar surface area (TPSA) is 29.1 Å². The second kappa shape index (κ2) is 6.55. The Morgan fingerprint density at radius 1 is 1.28 bits per heavy atom. The fourth-order valence-corrected chi connectivity index (χ4v) is 2.75. The molecule has 1 saturated heterocycles. The van der Waals surface area contributed by atoms with Crippen molar-refractivity contribution in [3.05, 3.63) is 33.8 Å². The minimum absolute atomic E-state index is 0.0982. The van der Waals surface area contributed by atoms with E-state index >= 15 is 0 Å².